The third-order valence-corrected chi connectivity index (χ3v) is 5.27. The lowest BCUT2D eigenvalue weighted by atomic mass is 10.3. The maximum atomic E-state index is 12.1. The lowest BCUT2D eigenvalue weighted by molar-refractivity contribution is -0.118. The summed E-state index contributed by atoms with van der Waals surface area (Å²) in [5, 5.41) is 2.76. The van der Waals surface area contributed by atoms with Crippen molar-refractivity contribution < 1.29 is 22.7 Å². The summed E-state index contributed by atoms with van der Waals surface area (Å²) in [6, 6.07) is 10.7. The van der Waals surface area contributed by atoms with Crippen molar-refractivity contribution in [3.8, 4) is 11.5 Å². The SMILES string of the molecule is COc1cccc(NC(=O)COc2ccc(S(=O)(=O)NC(C)C)cc2Cl)c1. The summed E-state index contributed by atoms with van der Waals surface area (Å²) in [6.07, 6.45) is 0. The van der Waals surface area contributed by atoms with Gasteiger partial charge in [0, 0.05) is 17.8 Å². The topological polar surface area (TPSA) is 93.7 Å². The molecule has 2 rings (SSSR count). The molecular weight excluding hydrogens is 392 g/mol. The Bertz CT molecular complexity index is 916. The molecule has 0 spiro atoms. The van der Waals surface area contributed by atoms with E-state index in [1.54, 1.807) is 38.1 Å². The summed E-state index contributed by atoms with van der Waals surface area (Å²) >= 11 is 6.09. The highest BCUT2D eigenvalue weighted by Crippen LogP contribution is 2.27. The summed E-state index contributed by atoms with van der Waals surface area (Å²) in [4.78, 5) is 12.0. The highest BCUT2D eigenvalue weighted by Gasteiger charge is 2.17. The molecule has 146 valence electrons. The number of hydrogen-bond acceptors (Lipinski definition) is 5. The monoisotopic (exact) mass is 412 g/mol. The van der Waals surface area contributed by atoms with E-state index < -0.39 is 15.9 Å². The fourth-order valence-electron chi connectivity index (χ4n) is 2.19. The summed E-state index contributed by atoms with van der Waals surface area (Å²) in [6.45, 7) is 3.16. The smallest absolute Gasteiger partial charge is 0.262 e. The normalized spacial score (nSPS) is 11.3. The quantitative estimate of drug-likeness (QED) is 0.695. The lowest BCUT2D eigenvalue weighted by Gasteiger charge is -2.12. The molecule has 2 aromatic rings. The van der Waals surface area contributed by atoms with E-state index in [0.29, 0.717) is 11.4 Å². The first-order valence-corrected chi connectivity index (χ1v) is 9.96. The number of anilines is 1. The minimum Gasteiger partial charge on any atom is -0.497 e. The van der Waals surface area contributed by atoms with Crippen LogP contribution in [0.15, 0.2) is 47.4 Å². The van der Waals surface area contributed by atoms with Crippen LogP contribution in [0.3, 0.4) is 0 Å². The van der Waals surface area contributed by atoms with Crippen LogP contribution in [0.5, 0.6) is 11.5 Å². The van der Waals surface area contributed by atoms with E-state index in [0.717, 1.165) is 0 Å². The average Bonchev–Trinajstić information content (AvgIpc) is 2.59. The van der Waals surface area contributed by atoms with Crippen LogP contribution >= 0.6 is 11.6 Å². The number of methoxy groups -OCH3 is 1. The molecule has 0 fully saturated rings. The summed E-state index contributed by atoms with van der Waals surface area (Å²) in [7, 11) is -2.12. The van der Waals surface area contributed by atoms with Gasteiger partial charge in [-0.1, -0.05) is 17.7 Å². The van der Waals surface area contributed by atoms with Gasteiger partial charge in [0.25, 0.3) is 5.91 Å². The number of nitrogens with one attached hydrogen (secondary N) is 2. The number of rotatable bonds is 8. The third-order valence-electron chi connectivity index (χ3n) is 3.32. The van der Waals surface area contributed by atoms with Gasteiger partial charge < -0.3 is 14.8 Å². The Kier molecular flexibility index (Phi) is 7.06. The van der Waals surface area contributed by atoms with Crippen LogP contribution in [0.4, 0.5) is 5.69 Å². The van der Waals surface area contributed by atoms with E-state index in [2.05, 4.69) is 10.0 Å². The van der Waals surface area contributed by atoms with Gasteiger partial charge in [0.05, 0.1) is 17.0 Å². The van der Waals surface area contributed by atoms with Crippen LogP contribution in [-0.4, -0.2) is 34.1 Å². The number of benzene rings is 2. The molecule has 0 aliphatic carbocycles. The first-order chi connectivity index (χ1) is 12.7. The molecule has 1 amide bonds. The van der Waals surface area contributed by atoms with Crippen molar-refractivity contribution in [2.24, 2.45) is 0 Å². The first-order valence-electron chi connectivity index (χ1n) is 8.10. The molecule has 0 saturated carbocycles. The van der Waals surface area contributed by atoms with Gasteiger partial charge in [-0.25, -0.2) is 13.1 Å². The minimum atomic E-state index is -3.66. The van der Waals surface area contributed by atoms with Crippen LogP contribution in [0.25, 0.3) is 0 Å². The van der Waals surface area contributed by atoms with E-state index in [1.165, 1.54) is 25.3 Å². The number of carbonyl (C=O) groups excluding carboxylic acids is 1. The van der Waals surface area contributed by atoms with Crippen molar-refractivity contribution in [3.05, 3.63) is 47.5 Å². The zero-order valence-electron chi connectivity index (χ0n) is 15.2. The van der Waals surface area contributed by atoms with E-state index in [1.807, 2.05) is 0 Å². The first kappa shape index (κ1) is 21.0. The Hall–Kier alpha value is -2.29. The molecule has 0 radical (unpaired) electrons. The predicted octanol–water partition coefficient (Wildman–Crippen LogP) is 3.05. The highest BCUT2D eigenvalue weighted by atomic mass is 35.5. The molecule has 0 atom stereocenters. The molecule has 0 saturated heterocycles. The van der Waals surface area contributed by atoms with Crippen LogP contribution in [0.2, 0.25) is 5.02 Å². The van der Waals surface area contributed by atoms with E-state index >= 15 is 0 Å². The van der Waals surface area contributed by atoms with Crippen molar-refractivity contribution in [2.45, 2.75) is 24.8 Å². The van der Waals surface area contributed by atoms with Gasteiger partial charge in [-0.2, -0.15) is 0 Å². The summed E-state index contributed by atoms with van der Waals surface area (Å²) in [5.41, 5.74) is 0.565. The third kappa shape index (κ3) is 6.13. The molecule has 0 aliphatic heterocycles. The van der Waals surface area contributed by atoms with Crippen molar-refractivity contribution in [3.63, 3.8) is 0 Å². The van der Waals surface area contributed by atoms with Gasteiger partial charge >= 0.3 is 0 Å². The fraction of sp³-hybridized carbons (Fsp3) is 0.278. The van der Waals surface area contributed by atoms with E-state index in [9.17, 15) is 13.2 Å². The number of sulfonamides is 1. The van der Waals surface area contributed by atoms with Crippen molar-refractivity contribution in [1.29, 1.82) is 0 Å². The van der Waals surface area contributed by atoms with Crippen LogP contribution in [0, 0.1) is 0 Å². The lowest BCUT2D eigenvalue weighted by Crippen LogP contribution is -2.30. The van der Waals surface area contributed by atoms with Gasteiger partial charge in [0.15, 0.2) is 6.61 Å². The van der Waals surface area contributed by atoms with Crippen LogP contribution in [0.1, 0.15) is 13.8 Å². The Balaban J connectivity index is 2.00. The van der Waals surface area contributed by atoms with E-state index in [4.69, 9.17) is 21.1 Å². The number of ether oxygens (including phenoxy) is 2. The fourth-order valence-corrected chi connectivity index (χ4v) is 3.76. The second-order valence-corrected chi connectivity index (χ2v) is 8.06. The molecule has 27 heavy (non-hydrogen) atoms. The van der Waals surface area contributed by atoms with Crippen LogP contribution in [-0.2, 0) is 14.8 Å². The standard InChI is InChI=1S/C18H21ClN2O5S/c1-12(2)21-27(23,24)15-7-8-17(16(19)10-15)26-11-18(22)20-13-5-4-6-14(9-13)25-3/h4-10,12,21H,11H2,1-3H3,(H,20,22). The van der Waals surface area contributed by atoms with Gasteiger partial charge in [0.1, 0.15) is 11.5 Å². The van der Waals surface area contributed by atoms with Gasteiger partial charge in [-0.15, -0.1) is 0 Å². The van der Waals surface area contributed by atoms with E-state index in [-0.39, 0.29) is 28.3 Å². The average molecular weight is 413 g/mol. The zero-order valence-corrected chi connectivity index (χ0v) is 16.7. The highest BCUT2D eigenvalue weighted by molar-refractivity contribution is 7.89. The van der Waals surface area contributed by atoms with Gasteiger partial charge in [0.2, 0.25) is 10.0 Å². The van der Waals surface area contributed by atoms with Crippen molar-refractivity contribution in [1.82, 2.24) is 4.72 Å². The Morgan fingerprint density at radius 2 is 1.93 bits per heavy atom. The molecule has 0 aliphatic rings. The molecule has 0 aromatic heterocycles. The van der Waals surface area contributed by atoms with Crippen molar-refractivity contribution in [2.75, 3.05) is 19.0 Å². The Morgan fingerprint density at radius 1 is 1.19 bits per heavy atom. The predicted molar refractivity (Wildman–Crippen MR) is 104 cm³/mol. The number of halogens is 1. The Labute approximate surface area is 163 Å². The molecule has 0 unspecified atom stereocenters. The molecule has 2 aromatic carbocycles. The van der Waals surface area contributed by atoms with Crippen LogP contribution < -0.4 is 19.5 Å². The summed E-state index contributed by atoms with van der Waals surface area (Å²) < 4.78 is 37.2. The van der Waals surface area contributed by atoms with Crippen molar-refractivity contribution >= 4 is 33.2 Å². The van der Waals surface area contributed by atoms with Gasteiger partial charge in [-0.3, -0.25) is 4.79 Å². The maximum absolute atomic E-state index is 12.1. The second-order valence-electron chi connectivity index (χ2n) is 5.94. The molecule has 0 heterocycles. The molecule has 7 nitrogen and oxygen atoms in total. The zero-order chi connectivity index (χ0) is 20.0. The number of hydrogen-bond donors (Lipinski definition) is 2. The molecule has 9 heteroatoms. The largest absolute Gasteiger partial charge is 0.497 e. The van der Waals surface area contributed by atoms with Gasteiger partial charge in [-0.05, 0) is 44.2 Å². The minimum absolute atomic E-state index is 0.0226. The number of carbonyl (C=O) groups is 1. The molecular formula is C18H21ClN2O5S. The second kappa shape index (κ2) is 9.07. The molecule has 2 N–H and O–H groups in total. The maximum Gasteiger partial charge on any atom is 0.262 e. The molecule has 0 bridgehead atoms. The number of amides is 1. The summed E-state index contributed by atoms with van der Waals surface area (Å²) in [5.74, 6) is 0.432. The Morgan fingerprint density at radius 3 is 2.56 bits per heavy atom.